The van der Waals surface area contributed by atoms with Crippen LogP contribution in [0.25, 0.3) is 0 Å². The maximum absolute atomic E-state index is 11.8. The van der Waals surface area contributed by atoms with E-state index in [1.54, 1.807) is 6.07 Å². The quantitative estimate of drug-likeness (QED) is 0.719. The largest absolute Gasteiger partial charge is 0.416 e. The zero-order valence-electron chi connectivity index (χ0n) is 9.02. The fourth-order valence-electron chi connectivity index (χ4n) is 0.761. The monoisotopic (exact) mass is 256 g/mol. The standard InChI is InChI=1S/C7H5F3.C4H9Cl.H2O/c8-7(9,10)6-4-2-1-3-5-6;1-2-3-4-5;/h1-5H;2-4H2,1H3;1H2. The zero-order chi connectivity index (χ0) is 11.7. The molecule has 5 heteroatoms. The summed E-state index contributed by atoms with van der Waals surface area (Å²) < 4.78 is 35.4. The van der Waals surface area contributed by atoms with Crippen LogP contribution < -0.4 is 0 Å². The highest BCUT2D eigenvalue weighted by atomic mass is 35.5. The van der Waals surface area contributed by atoms with E-state index in [-0.39, 0.29) is 5.48 Å². The van der Waals surface area contributed by atoms with Crippen molar-refractivity contribution in [1.29, 1.82) is 0 Å². The van der Waals surface area contributed by atoms with E-state index in [0.29, 0.717) is 0 Å². The van der Waals surface area contributed by atoms with Crippen molar-refractivity contribution in [2.75, 3.05) is 5.88 Å². The van der Waals surface area contributed by atoms with Gasteiger partial charge in [0.25, 0.3) is 0 Å². The van der Waals surface area contributed by atoms with Crippen molar-refractivity contribution in [3.63, 3.8) is 0 Å². The summed E-state index contributed by atoms with van der Waals surface area (Å²) in [6.45, 7) is 2.13. The van der Waals surface area contributed by atoms with Crippen LogP contribution in [0.1, 0.15) is 25.3 Å². The Balaban J connectivity index is 0. The first-order valence-corrected chi connectivity index (χ1v) is 5.24. The minimum Gasteiger partial charge on any atom is -0.412 e. The third kappa shape index (κ3) is 8.56. The fourth-order valence-corrected chi connectivity index (χ4v) is 1.03. The van der Waals surface area contributed by atoms with E-state index in [2.05, 4.69) is 6.92 Å². The predicted octanol–water partition coefficient (Wildman–Crippen LogP) is 3.91. The van der Waals surface area contributed by atoms with Crippen LogP contribution in [0.2, 0.25) is 0 Å². The van der Waals surface area contributed by atoms with E-state index < -0.39 is 11.7 Å². The second-order valence-corrected chi connectivity index (χ2v) is 3.28. The molecule has 0 saturated heterocycles. The molecule has 16 heavy (non-hydrogen) atoms. The summed E-state index contributed by atoms with van der Waals surface area (Å²) in [5.74, 6) is 0.816. The van der Waals surface area contributed by atoms with Gasteiger partial charge in [-0.05, 0) is 6.42 Å². The molecule has 0 fully saturated rings. The van der Waals surface area contributed by atoms with Gasteiger partial charge in [0.15, 0.2) is 0 Å². The van der Waals surface area contributed by atoms with Crippen molar-refractivity contribution in [1.82, 2.24) is 0 Å². The predicted molar refractivity (Wildman–Crippen MR) is 60.7 cm³/mol. The van der Waals surface area contributed by atoms with Gasteiger partial charge in [0.05, 0.1) is 5.56 Å². The molecular formula is C11H16ClF3O. The minimum absolute atomic E-state index is 0. The normalized spacial score (nSPS) is 9.81. The van der Waals surface area contributed by atoms with E-state index in [9.17, 15) is 13.2 Å². The van der Waals surface area contributed by atoms with Crippen LogP contribution in [0.5, 0.6) is 0 Å². The van der Waals surface area contributed by atoms with Crippen molar-refractivity contribution in [3.8, 4) is 0 Å². The molecule has 1 nitrogen and oxygen atoms in total. The maximum Gasteiger partial charge on any atom is 0.416 e. The van der Waals surface area contributed by atoms with E-state index in [1.807, 2.05) is 0 Å². The number of hydrogen-bond acceptors (Lipinski definition) is 0. The minimum atomic E-state index is -4.21. The molecule has 0 bridgehead atoms. The third-order valence-corrected chi connectivity index (χ3v) is 1.86. The molecule has 0 aliphatic rings. The number of hydrogen-bond donors (Lipinski definition) is 0. The lowest BCUT2D eigenvalue weighted by Gasteiger charge is -2.03. The number of halogens is 4. The summed E-state index contributed by atoms with van der Waals surface area (Å²) in [5, 5.41) is 0. The molecule has 0 spiro atoms. The number of alkyl halides is 4. The molecule has 0 aliphatic carbocycles. The van der Waals surface area contributed by atoms with E-state index in [4.69, 9.17) is 11.6 Å². The highest BCUT2D eigenvalue weighted by molar-refractivity contribution is 6.17. The molecule has 0 aliphatic heterocycles. The van der Waals surface area contributed by atoms with Gasteiger partial charge in [0.1, 0.15) is 0 Å². The lowest BCUT2D eigenvalue weighted by molar-refractivity contribution is -0.137. The first-order valence-electron chi connectivity index (χ1n) is 4.70. The molecule has 0 aromatic heterocycles. The first kappa shape index (κ1) is 17.6. The highest BCUT2D eigenvalue weighted by Crippen LogP contribution is 2.28. The molecular weight excluding hydrogens is 241 g/mol. The zero-order valence-corrected chi connectivity index (χ0v) is 9.78. The van der Waals surface area contributed by atoms with Crippen LogP contribution >= 0.6 is 11.6 Å². The summed E-state index contributed by atoms with van der Waals surface area (Å²) in [6.07, 6.45) is -1.84. The second-order valence-electron chi connectivity index (χ2n) is 2.91. The second kappa shape index (κ2) is 9.48. The van der Waals surface area contributed by atoms with Crippen molar-refractivity contribution in [2.24, 2.45) is 0 Å². The van der Waals surface area contributed by atoms with Gasteiger partial charge in [0.2, 0.25) is 0 Å². The van der Waals surface area contributed by atoms with E-state index >= 15 is 0 Å². The van der Waals surface area contributed by atoms with Crippen molar-refractivity contribution >= 4 is 11.6 Å². The van der Waals surface area contributed by atoms with Crippen LogP contribution in [0.15, 0.2) is 30.3 Å². The Morgan fingerprint density at radius 3 is 1.81 bits per heavy atom. The molecule has 0 atom stereocenters. The first-order chi connectivity index (χ1) is 7.02. The van der Waals surface area contributed by atoms with Gasteiger partial charge < -0.3 is 5.48 Å². The lowest BCUT2D eigenvalue weighted by atomic mass is 10.2. The number of rotatable bonds is 2. The van der Waals surface area contributed by atoms with Gasteiger partial charge in [-0.1, -0.05) is 43.7 Å². The Bertz CT molecular complexity index is 247. The van der Waals surface area contributed by atoms with Gasteiger partial charge in [-0.3, -0.25) is 0 Å². The Labute approximate surface area is 98.5 Å². The van der Waals surface area contributed by atoms with Crippen molar-refractivity contribution < 1.29 is 18.6 Å². The Hall–Kier alpha value is -0.740. The maximum atomic E-state index is 11.8. The molecule has 1 rings (SSSR count). The Kier molecular flexibility index (Phi) is 10.5. The van der Waals surface area contributed by atoms with Gasteiger partial charge in [-0.2, -0.15) is 13.2 Å². The molecule has 1 aromatic carbocycles. The highest BCUT2D eigenvalue weighted by Gasteiger charge is 2.29. The number of benzene rings is 1. The van der Waals surface area contributed by atoms with Gasteiger partial charge in [0, 0.05) is 5.88 Å². The Morgan fingerprint density at radius 2 is 1.62 bits per heavy atom. The average Bonchev–Trinajstić information content (AvgIpc) is 2.20. The van der Waals surface area contributed by atoms with Crippen LogP contribution in [0.3, 0.4) is 0 Å². The Morgan fingerprint density at radius 1 is 1.12 bits per heavy atom. The molecule has 0 saturated carbocycles. The summed E-state index contributed by atoms with van der Waals surface area (Å²) in [6, 6.07) is 6.36. The SMILES string of the molecule is CCCCCl.FC(F)(F)c1ccccc1.O. The molecule has 1 aromatic rings. The van der Waals surface area contributed by atoms with Crippen LogP contribution in [0.4, 0.5) is 13.2 Å². The summed E-state index contributed by atoms with van der Waals surface area (Å²) in [4.78, 5) is 0. The summed E-state index contributed by atoms with van der Waals surface area (Å²) in [7, 11) is 0. The number of unbranched alkanes of at least 4 members (excludes halogenated alkanes) is 1. The van der Waals surface area contributed by atoms with Crippen LogP contribution in [-0.4, -0.2) is 11.4 Å². The van der Waals surface area contributed by atoms with E-state index in [1.165, 1.54) is 18.6 Å². The van der Waals surface area contributed by atoms with Crippen LogP contribution in [0, 0.1) is 0 Å². The lowest BCUT2D eigenvalue weighted by Crippen LogP contribution is -2.03. The molecule has 0 unspecified atom stereocenters. The molecule has 94 valence electrons. The van der Waals surface area contributed by atoms with Crippen molar-refractivity contribution in [2.45, 2.75) is 25.9 Å². The van der Waals surface area contributed by atoms with E-state index in [0.717, 1.165) is 24.4 Å². The smallest absolute Gasteiger partial charge is 0.412 e. The molecule has 0 amide bonds. The fraction of sp³-hybridized carbons (Fsp3) is 0.455. The van der Waals surface area contributed by atoms with Gasteiger partial charge in [-0.25, -0.2) is 0 Å². The van der Waals surface area contributed by atoms with Gasteiger partial charge in [-0.15, -0.1) is 11.6 Å². The van der Waals surface area contributed by atoms with Gasteiger partial charge >= 0.3 is 6.18 Å². The molecule has 2 N–H and O–H groups in total. The average molecular weight is 257 g/mol. The topological polar surface area (TPSA) is 31.5 Å². The third-order valence-electron chi connectivity index (χ3n) is 1.59. The summed E-state index contributed by atoms with van der Waals surface area (Å²) >= 11 is 5.30. The molecule has 0 radical (unpaired) electrons. The van der Waals surface area contributed by atoms with Crippen molar-refractivity contribution in [3.05, 3.63) is 35.9 Å². The van der Waals surface area contributed by atoms with Crippen LogP contribution in [-0.2, 0) is 6.18 Å². The summed E-state index contributed by atoms with van der Waals surface area (Å²) in [5.41, 5.74) is -0.602. The molecule has 0 heterocycles.